The molecule has 0 spiro atoms. The molecule has 0 aliphatic carbocycles. The lowest BCUT2D eigenvalue weighted by Crippen LogP contribution is -1.99. The molecule has 0 saturated heterocycles. The maximum atomic E-state index is 5.82. The normalized spacial score (nSPS) is 10.3. The molecule has 0 fully saturated rings. The minimum atomic E-state index is 0.522. The van der Waals surface area contributed by atoms with Crippen molar-refractivity contribution < 1.29 is 0 Å². The lowest BCUT2D eigenvalue weighted by Gasteiger charge is -2.09. The van der Waals surface area contributed by atoms with Crippen LogP contribution in [0.1, 0.15) is 5.56 Å². The molecular weight excluding hydrogens is 302 g/mol. The van der Waals surface area contributed by atoms with E-state index < -0.39 is 0 Å². The largest absolute Gasteiger partial charge is 0.396 e. The zero-order chi connectivity index (χ0) is 12.4. The van der Waals surface area contributed by atoms with Gasteiger partial charge in [-0.1, -0.05) is 33.6 Å². The summed E-state index contributed by atoms with van der Waals surface area (Å²) in [6, 6.07) is 7.62. The summed E-state index contributed by atoms with van der Waals surface area (Å²) in [6.07, 6.45) is 1.56. The second-order valence-corrected chi connectivity index (χ2v) is 4.97. The molecule has 1 aromatic carbocycles. The van der Waals surface area contributed by atoms with Crippen molar-refractivity contribution in [3.8, 4) is 0 Å². The molecule has 3 nitrogen and oxygen atoms in total. The number of hydrogen-bond donors (Lipinski definition) is 2. The Kier molecular flexibility index (Phi) is 3.54. The predicted molar refractivity (Wildman–Crippen MR) is 75.8 cm³/mol. The van der Waals surface area contributed by atoms with Gasteiger partial charge in [0.05, 0.1) is 10.7 Å². The first-order valence-corrected chi connectivity index (χ1v) is 6.17. The van der Waals surface area contributed by atoms with E-state index >= 15 is 0 Å². The number of aromatic nitrogens is 1. The van der Waals surface area contributed by atoms with Crippen molar-refractivity contribution in [2.45, 2.75) is 6.92 Å². The van der Waals surface area contributed by atoms with Crippen LogP contribution < -0.4 is 11.1 Å². The Balaban J connectivity index is 2.28. The number of anilines is 3. The Labute approximate surface area is 113 Å². The first-order valence-electron chi connectivity index (χ1n) is 5.00. The Morgan fingerprint density at radius 3 is 2.76 bits per heavy atom. The minimum absolute atomic E-state index is 0.522. The summed E-state index contributed by atoms with van der Waals surface area (Å²) in [5.74, 6) is 0.602. The number of nitrogens with one attached hydrogen (secondary N) is 1. The van der Waals surface area contributed by atoms with E-state index in [1.807, 2.05) is 25.1 Å². The van der Waals surface area contributed by atoms with Crippen LogP contribution >= 0.6 is 27.5 Å². The van der Waals surface area contributed by atoms with Gasteiger partial charge in [-0.05, 0) is 30.7 Å². The third-order valence-corrected chi connectivity index (χ3v) is 3.38. The third kappa shape index (κ3) is 2.90. The zero-order valence-corrected chi connectivity index (χ0v) is 11.5. The molecule has 3 N–H and O–H groups in total. The third-order valence-electron chi connectivity index (χ3n) is 2.32. The number of nitrogen functional groups attached to an aromatic ring is 1. The second kappa shape index (κ2) is 4.94. The maximum Gasteiger partial charge on any atom is 0.153 e. The minimum Gasteiger partial charge on any atom is -0.396 e. The van der Waals surface area contributed by atoms with E-state index in [0.717, 1.165) is 10.2 Å². The molecule has 0 amide bonds. The highest BCUT2D eigenvalue weighted by Gasteiger charge is 2.03. The van der Waals surface area contributed by atoms with Gasteiger partial charge in [0.15, 0.2) is 5.82 Å². The van der Waals surface area contributed by atoms with Crippen molar-refractivity contribution in [1.29, 1.82) is 0 Å². The summed E-state index contributed by atoms with van der Waals surface area (Å²) in [6.45, 7) is 2.03. The molecule has 5 heteroatoms. The fourth-order valence-corrected chi connectivity index (χ4v) is 1.91. The van der Waals surface area contributed by atoms with Crippen molar-refractivity contribution >= 4 is 44.7 Å². The van der Waals surface area contributed by atoms with Gasteiger partial charge in [0, 0.05) is 16.4 Å². The molecule has 0 aliphatic rings. The second-order valence-electron chi connectivity index (χ2n) is 3.68. The number of hydrogen-bond acceptors (Lipinski definition) is 3. The molecule has 88 valence electrons. The molecule has 0 aliphatic heterocycles. The van der Waals surface area contributed by atoms with Gasteiger partial charge < -0.3 is 11.1 Å². The monoisotopic (exact) mass is 311 g/mol. The summed E-state index contributed by atoms with van der Waals surface area (Å²) in [4.78, 5) is 4.14. The molecular formula is C12H11BrClN3. The first kappa shape index (κ1) is 12.2. The van der Waals surface area contributed by atoms with Crippen LogP contribution in [-0.4, -0.2) is 4.98 Å². The van der Waals surface area contributed by atoms with Gasteiger partial charge in [0.1, 0.15) is 0 Å². The van der Waals surface area contributed by atoms with Crippen molar-refractivity contribution in [1.82, 2.24) is 4.98 Å². The fraction of sp³-hybridized carbons (Fsp3) is 0.0833. The Bertz CT molecular complexity index is 557. The van der Waals surface area contributed by atoms with Crippen LogP contribution in [0, 0.1) is 6.92 Å². The average molecular weight is 313 g/mol. The number of nitrogens with zero attached hydrogens (tertiary/aromatic N) is 1. The van der Waals surface area contributed by atoms with E-state index in [-0.39, 0.29) is 0 Å². The topological polar surface area (TPSA) is 50.9 Å². The predicted octanol–water partition coefficient (Wildman–Crippen LogP) is 4.13. The van der Waals surface area contributed by atoms with Crippen molar-refractivity contribution in [3.63, 3.8) is 0 Å². The smallest absolute Gasteiger partial charge is 0.153 e. The molecule has 2 aromatic rings. The number of rotatable bonds is 2. The zero-order valence-electron chi connectivity index (χ0n) is 9.17. The van der Waals surface area contributed by atoms with Gasteiger partial charge in [-0.2, -0.15) is 0 Å². The number of benzene rings is 1. The highest BCUT2D eigenvalue weighted by atomic mass is 79.9. The maximum absolute atomic E-state index is 5.82. The average Bonchev–Trinajstić information content (AvgIpc) is 2.27. The van der Waals surface area contributed by atoms with Crippen LogP contribution in [0.2, 0.25) is 5.02 Å². The van der Waals surface area contributed by atoms with Gasteiger partial charge >= 0.3 is 0 Å². The van der Waals surface area contributed by atoms with E-state index in [9.17, 15) is 0 Å². The molecule has 0 atom stereocenters. The summed E-state index contributed by atoms with van der Waals surface area (Å²) < 4.78 is 1.04. The molecule has 1 aromatic heterocycles. The summed E-state index contributed by atoms with van der Waals surface area (Å²) in [5.41, 5.74) is 8.43. The van der Waals surface area contributed by atoms with Crippen LogP contribution in [0.3, 0.4) is 0 Å². The molecule has 17 heavy (non-hydrogen) atoms. The van der Waals surface area contributed by atoms with E-state index in [4.69, 9.17) is 17.3 Å². The van der Waals surface area contributed by atoms with Gasteiger partial charge in [0.2, 0.25) is 0 Å². The van der Waals surface area contributed by atoms with E-state index in [0.29, 0.717) is 16.5 Å². The standard InChI is InChI=1S/C12H11BrClN3/c1-7-2-3-9(5-10(7)13)17-12-11(15)4-8(14)6-16-12/h2-6H,15H2,1H3,(H,16,17). The lowest BCUT2D eigenvalue weighted by atomic mass is 10.2. The SMILES string of the molecule is Cc1ccc(Nc2ncc(Cl)cc2N)cc1Br. The fourth-order valence-electron chi connectivity index (χ4n) is 1.37. The van der Waals surface area contributed by atoms with Crippen molar-refractivity contribution in [3.05, 3.63) is 45.5 Å². The quantitative estimate of drug-likeness (QED) is 0.876. The van der Waals surface area contributed by atoms with Crippen LogP contribution in [0.4, 0.5) is 17.2 Å². The van der Waals surface area contributed by atoms with E-state index in [1.165, 1.54) is 5.56 Å². The van der Waals surface area contributed by atoms with E-state index in [2.05, 4.69) is 26.2 Å². The molecule has 0 radical (unpaired) electrons. The molecule has 0 saturated carbocycles. The molecule has 0 unspecified atom stereocenters. The van der Waals surface area contributed by atoms with Crippen LogP contribution in [0.5, 0.6) is 0 Å². The van der Waals surface area contributed by atoms with E-state index in [1.54, 1.807) is 12.3 Å². The van der Waals surface area contributed by atoms with Crippen molar-refractivity contribution in [2.24, 2.45) is 0 Å². The summed E-state index contributed by atoms with van der Waals surface area (Å²) in [7, 11) is 0. The van der Waals surface area contributed by atoms with Crippen LogP contribution in [0.25, 0.3) is 0 Å². The Morgan fingerprint density at radius 1 is 1.35 bits per heavy atom. The Morgan fingerprint density at radius 2 is 2.12 bits per heavy atom. The highest BCUT2D eigenvalue weighted by Crippen LogP contribution is 2.26. The molecule has 1 heterocycles. The lowest BCUT2D eigenvalue weighted by molar-refractivity contribution is 1.30. The molecule has 0 bridgehead atoms. The highest BCUT2D eigenvalue weighted by molar-refractivity contribution is 9.10. The number of nitrogens with two attached hydrogens (primary N) is 1. The van der Waals surface area contributed by atoms with Crippen molar-refractivity contribution in [2.75, 3.05) is 11.1 Å². The number of halogens is 2. The summed E-state index contributed by atoms with van der Waals surface area (Å²) >= 11 is 9.26. The van der Waals surface area contributed by atoms with Gasteiger partial charge in [-0.15, -0.1) is 0 Å². The van der Waals surface area contributed by atoms with Crippen LogP contribution in [-0.2, 0) is 0 Å². The number of aryl methyl sites for hydroxylation is 1. The Hall–Kier alpha value is -1.26. The van der Waals surface area contributed by atoms with Crippen LogP contribution in [0.15, 0.2) is 34.9 Å². The summed E-state index contributed by atoms with van der Waals surface area (Å²) in [5, 5.41) is 3.67. The first-order chi connectivity index (χ1) is 8.06. The van der Waals surface area contributed by atoms with Gasteiger partial charge in [-0.25, -0.2) is 4.98 Å². The number of pyridine rings is 1. The molecule has 2 rings (SSSR count). The van der Waals surface area contributed by atoms with Gasteiger partial charge in [0.25, 0.3) is 0 Å². The van der Waals surface area contributed by atoms with Gasteiger partial charge in [-0.3, -0.25) is 0 Å².